The quantitative estimate of drug-likeness (QED) is 0.663. The van der Waals surface area contributed by atoms with Crippen LogP contribution in [-0.2, 0) is 6.54 Å². The van der Waals surface area contributed by atoms with E-state index in [-0.39, 0.29) is 17.8 Å². The van der Waals surface area contributed by atoms with E-state index >= 15 is 0 Å². The maximum atomic E-state index is 13.3. The van der Waals surface area contributed by atoms with E-state index in [1.165, 1.54) is 12.1 Å². The van der Waals surface area contributed by atoms with Crippen molar-refractivity contribution in [1.82, 2.24) is 14.7 Å². The van der Waals surface area contributed by atoms with Gasteiger partial charge in [-0.05, 0) is 68.1 Å². The van der Waals surface area contributed by atoms with Gasteiger partial charge in [-0.15, -0.1) is 0 Å². The summed E-state index contributed by atoms with van der Waals surface area (Å²) in [5.41, 5.74) is 4.82. The van der Waals surface area contributed by atoms with Gasteiger partial charge in [0, 0.05) is 17.8 Å². The van der Waals surface area contributed by atoms with Crippen LogP contribution in [0.5, 0.6) is 0 Å². The predicted octanol–water partition coefficient (Wildman–Crippen LogP) is 4.66. The predicted molar refractivity (Wildman–Crippen MR) is 107 cm³/mol. The van der Waals surface area contributed by atoms with E-state index in [9.17, 15) is 9.18 Å². The number of benzene rings is 2. The molecule has 3 aromatic rings. The summed E-state index contributed by atoms with van der Waals surface area (Å²) in [5.74, 6) is -0.224. The zero-order valence-corrected chi connectivity index (χ0v) is 16.2. The molecule has 0 radical (unpaired) electrons. The first-order valence-corrected chi connectivity index (χ1v) is 9.68. The van der Waals surface area contributed by atoms with Crippen LogP contribution in [0, 0.1) is 19.7 Å². The zero-order chi connectivity index (χ0) is 19.7. The maximum Gasteiger partial charge on any atom is 0.254 e. The van der Waals surface area contributed by atoms with Gasteiger partial charge >= 0.3 is 0 Å². The van der Waals surface area contributed by atoms with Gasteiger partial charge in [0.25, 0.3) is 5.91 Å². The van der Waals surface area contributed by atoms with E-state index in [0.29, 0.717) is 12.1 Å². The fourth-order valence-corrected chi connectivity index (χ4v) is 4.02. The molecule has 5 heteroatoms. The number of aryl methyl sites for hydroxylation is 2. The topological polar surface area (TPSA) is 38.1 Å². The second-order valence-corrected chi connectivity index (χ2v) is 7.49. The largest absolute Gasteiger partial charge is 0.332 e. The van der Waals surface area contributed by atoms with Gasteiger partial charge < -0.3 is 4.90 Å². The Hall–Kier alpha value is -2.95. The third-order valence-electron chi connectivity index (χ3n) is 5.38. The molecular weight excluding hydrogens is 353 g/mol. The summed E-state index contributed by atoms with van der Waals surface area (Å²) in [7, 11) is 0. The molecular formula is C23H24FN3O. The van der Waals surface area contributed by atoms with Gasteiger partial charge in [0.2, 0.25) is 0 Å². The number of carbonyl (C=O) groups excluding carboxylic acids is 1. The summed E-state index contributed by atoms with van der Waals surface area (Å²) >= 11 is 0. The second kappa shape index (κ2) is 7.58. The standard InChI is InChI=1S/C23H24FN3O/c1-16-13-17(2)27(25-16)15-18-5-3-6-20(14-18)23(28)26-12-4-7-22(26)19-8-10-21(24)11-9-19/h3,5-6,8-11,13-14,22H,4,7,12,15H2,1-2H3. The smallest absolute Gasteiger partial charge is 0.254 e. The summed E-state index contributed by atoms with van der Waals surface area (Å²) in [5, 5.41) is 4.51. The highest BCUT2D eigenvalue weighted by atomic mass is 19.1. The number of hydrogen-bond acceptors (Lipinski definition) is 2. The van der Waals surface area contributed by atoms with Crippen molar-refractivity contribution < 1.29 is 9.18 Å². The van der Waals surface area contributed by atoms with Crippen LogP contribution < -0.4 is 0 Å². The molecule has 4 nitrogen and oxygen atoms in total. The van der Waals surface area contributed by atoms with Crippen molar-refractivity contribution in [3.05, 3.63) is 88.5 Å². The van der Waals surface area contributed by atoms with Crippen molar-refractivity contribution in [2.24, 2.45) is 0 Å². The van der Waals surface area contributed by atoms with Crippen LogP contribution in [-0.4, -0.2) is 27.1 Å². The molecule has 144 valence electrons. The van der Waals surface area contributed by atoms with Crippen LogP contribution in [0.15, 0.2) is 54.6 Å². The Kier molecular flexibility index (Phi) is 4.99. The molecule has 0 saturated carbocycles. The highest BCUT2D eigenvalue weighted by molar-refractivity contribution is 5.94. The van der Waals surface area contributed by atoms with E-state index in [0.717, 1.165) is 41.9 Å². The van der Waals surface area contributed by atoms with Crippen molar-refractivity contribution in [2.75, 3.05) is 6.54 Å². The van der Waals surface area contributed by atoms with Crippen LogP contribution in [0.1, 0.15) is 51.8 Å². The normalized spacial score (nSPS) is 16.5. The minimum Gasteiger partial charge on any atom is -0.332 e. The van der Waals surface area contributed by atoms with Crippen LogP contribution >= 0.6 is 0 Å². The summed E-state index contributed by atoms with van der Waals surface area (Å²) in [4.78, 5) is 15.1. The molecule has 0 N–H and O–H groups in total. The molecule has 2 heterocycles. The molecule has 1 aromatic heterocycles. The minimum atomic E-state index is -0.253. The number of aromatic nitrogens is 2. The van der Waals surface area contributed by atoms with Gasteiger partial charge in [-0.3, -0.25) is 9.48 Å². The molecule has 1 fully saturated rings. The van der Waals surface area contributed by atoms with Crippen molar-refractivity contribution in [2.45, 2.75) is 39.3 Å². The van der Waals surface area contributed by atoms with E-state index in [2.05, 4.69) is 5.10 Å². The maximum absolute atomic E-state index is 13.3. The van der Waals surface area contributed by atoms with Gasteiger partial charge in [0.15, 0.2) is 0 Å². The first-order valence-electron chi connectivity index (χ1n) is 9.68. The van der Waals surface area contributed by atoms with Gasteiger partial charge in [-0.25, -0.2) is 4.39 Å². The number of rotatable bonds is 4. The average molecular weight is 377 g/mol. The molecule has 4 rings (SSSR count). The average Bonchev–Trinajstić information content (AvgIpc) is 3.28. The lowest BCUT2D eigenvalue weighted by Crippen LogP contribution is -2.30. The van der Waals surface area contributed by atoms with Crippen molar-refractivity contribution in [3.63, 3.8) is 0 Å². The van der Waals surface area contributed by atoms with Gasteiger partial charge in [0.1, 0.15) is 5.82 Å². The molecule has 1 saturated heterocycles. The van der Waals surface area contributed by atoms with Crippen molar-refractivity contribution in [1.29, 1.82) is 0 Å². The lowest BCUT2D eigenvalue weighted by molar-refractivity contribution is 0.0735. The summed E-state index contributed by atoms with van der Waals surface area (Å²) in [6, 6.07) is 16.3. The summed E-state index contributed by atoms with van der Waals surface area (Å²) in [6.45, 7) is 5.38. The fraction of sp³-hybridized carbons (Fsp3) is 0.304. The molecule has 0 bridgehead atoms. The Morgan fingerprint density at radius 1 is 1.14 bits per heavy atom. The molecule has 1 aliphatic rings. The van der Waals surface area contributed by atoms with E-state index in [1.807, 2.05) is 53.8 Å². The Bertz CT molecular complexity index is 993. The highest BCUT2D eigenvalue weighted by Crippen LogP contribution is 2.33. The first-order chi connectivity index (χ1) is 13.5. The van der Waals surface area contributed by atoms with Crippen LogP contribution in [0.3, 0.4) is 0 Å². The molecule has 0 spiro atoms. The Morgan fingerprint density at radius 3 is 2.64 bits per heavy atom. The lowest BCUT2D eigenvalue weighted by atomic mass is 10.0. The monoisotopic (exact) mass is 377 g/mol. The van der Waals surface area contributed by atoms with Crippen LogP contribution in [0.4, 0.5) is 4.39 Å². The molecule has 1 amide bonds. The Balaban J connectivity index is 1.55. The molecule has 1 atom stereocenters. The van der Waals surface area contributed by atoms with Crippen LogP contribution in [0.2, 0.25) is 0 Å². The Labute approximate surface area is 164 Å². The SMILES string of the molecule is Cc1cc(C)n(Cc2cccc(C(=O)N3CCCC3c3ccc(F)cc3)c2)n1. The van der Waals surface area contributed by atoms with Crippen molar-refractivity contribution in [3.8, 4) is 0 Å². The van der Waals surface area contributed by atoms with Gasteiger partial charge in [0.05, 0.1) is 18.3 Å². The summed E-state index contributed by atoms with van der Waals surface area (Å²) in [6.07, 6.45) is 1.86. The summed E-state index contributed by atoms with van der Waals surface area (Å²) < 4.78 is 15.2. The molecule has 1 unspecified atom stereocenters. The molecule has 0 aliphatic carbocycles. The number of likely N-dealkylation sites (tertiary alicyclic amines) is 1. The third-order valence-corrected chi connectivity index (χ3v) is 5.38. The van der Waals surface area contributed by atoms with Gasteiger partial charge in [-0.2, -0.15) is 5.10 Å². The lowest BCUT2D eigenvalue weighted by Gasteiger charge is -2.25. The second-order valence-electron chi connectivity index (χ2n) is 7.49. The number of hydrogen-bond donors (Lipinski definition) is 0. The number of halogens is 1. The zero-order valence-electron chi connectivity index (χ0n) is 16.2. The Morgan fingerprint density at radius 2 is 1.93 bits per heavy atom. The molecule has 28 heavy (non-hydrogen) atoms. The first kappa shape index (κ1) is 18.4. The fourth-order valence-electron chi connectivity index (χ4n) is 4.02. The molecule has 2 aromatic carbocycles. The van der Waals surface area contributed by atoms with Gasteiger partial charge in [-0.1, -0.05) is 24.3 Å². The van der Waals surface area contributed by atoms with Crippen molar-refractivity contribution >= 4 is 5.91 Å². The van der Waals surface area contributed by atoms with Crippen LogP contribution in [0.25, 0.3) is 0 Å². The number of amides is 1. The van der Waals surface area contributed by atoms with E-state index < -0.39 is 0 Å². The molecule has 1 aliphatic heterocycles. The highest BCUT2D eigenvalue weighted by Gasteiger charge is 2.30. The third kappa shape index (κ3) is 3.70. The van der Waals surface area contributed by atoms with E-state index in [1.54, 1.807) is 12.1 Å². The number of carbonyl (C=O) groups is 1. The van der Waals surface area contributed by atoms with E-state index in [4.69, 9.17) is 0 Å². The minimum absolute atomic E-state index is 0.00719. The number of nitrogens with zero attached hydrogens (tertiary/aromatic N) is 3.